The summed E-state index contributed by atoms with van der Waals surface area (Å²) in [5.74, 6) is 0. The fourth-order valence-corrected chi connectivity index (χ4v) is 2.79. The highest BCUT2D eigenvalue weighted by Crippen LogP contribution is 2.05. The molecule has 3 unspecified atom stereocenters. The summed E-state index contributed by atoms with van der Waals surface area (Å²) < 4.78 is 0. The van der Waals surface area contributed by atoms with Gasteiger partial charge < -0.3 is 0 Å². The first kappa shape index (κ1) is 21.0. The lowest BCUT2D eigenvalue weighted by molar-refractivity contribution is 0.240. The number of aliphatic imine (C=N–C) groups is 3. The Morgan fingerprint density at radius 1 is 0.591 bits per heavy atom. The molecule has 0 amide bonds. The van der Waals surface area contributed by atoms with Crippen LogP contribution >= 0.6 is 0 Å². The minimum atomic E-state index is 0.308. The molecule has 0 bridgehead atoms. The van der Waals surface area contributed by atoms with Crippen LogP contribution in [-0.2, 0) is 0 Å². The van der Waals surface area contributed by atoms with Crippen molar-refractivity contribution >= 4 is 17.1 Å². The van der Waals surface area contributed by atoms with Gasteiger partial charge in [0.1, 0.15) is 0 Å². The zero-order valence-corrected chi connectivity index (χ0v) is 16.1. The van der Waals surface area contributed by atoms with Gasteiger partial charge in [0.25, 0.3) is 0 Å². The number of hydrogen-bond donors (Lipinski definition) is 0. The van der Waals surface area contributed by atoms with Crippen LogP contribution in [0.5, 0.6) is 0 Å². The Bertz CT molecular complexity index is 335. The summed E-state index contributed by atoms with van der Waals surface area (Å²) in [5.41, 5.74) is 3.41. The normalized spacial score (nSPS) is 15.0. The van der Waals surface area contributed by atoms with E-state index in [1.54, 1.807) is 0 Å². The van der Waals surface area contributed by atoms with Crippen LogP contribution in [0, 0.1) is 0 Å². The maximum Gasteiger partial charge on any atom is 0.0597 e. The average molecular weight is 309 g/mol. The first-order valence-electron chi connectivity index (χ1n) is 8.35. The molecular formula is C18H36N4. The third-order valence-electron chi connectivity index (χ3n) is 3.00. The lowest BCUT2D eigenvalue weighted by Crippen LogP contribution is -2.39. The summed E-state index contributed by atoms with van der Waals surface area (Å²) in [7, 11) is 0. The van der Waals surface area contributed by atoms with Crippen LogP contribution in [0.1, 0.15) is 62.3 Å². The van der Waals surface area contributed by atoms with Crippen LogP contribution in [0.15, 0.2) is 15.0 Å². The van der Waals surface area contributed by atoms with Crippen molar-refractivity contribution < 1.29 is 0 Å². The molecular weight excluding hydrogens is 272 g/mol. The molecule has 4 nitrogen and oxygen atoms in total. The van der Waals surface area contributed by atoms with E-state index in [1.807, 2.05) is 0 Å². The molecule has 0 radical (unpaired) electrons. The van der Waals surface area contributed by atoms with Crippen LogP contribution < -0.4 is 0 Å². The molecule has 0 fully saturated rings. The van der Waals surface area contributed by atoms with E-state index in [0.717, 1.165) is 36.8 Å². The second-order valence-corrected chi connectivity index (χ2v) is 6.99. The van der Waals surface area contributed by atoms with E-state index in [-0.39, 0.29) is 0 Å². The molecule has 0 aliphatic heterocycles. The molecule has 0 saturated heterocycles. The summed E-state index contributed by atoms with van der Waals surface area (Å²) in [5, 5.41) is 0. The molecule has 0 aliphatic rings. The zero-order chi connectivity index (χ0) is 17.3. The van der Waals surface area contributed by atoms with E-state index < -0.39 is 0 Å². The van der Waals surface area contributed by atoms with Gasteiger partial charge in [-0.3, -0.25) is 19.9 Å². The molecule has 0 aromatic heterocycles. The predicted octanol–water partition coefficient (Wildman–Crippen LogP) is 3.90. The number of hydrogen-bond acceptors (Lipinski definition) is 4. The molecule has 0 aromatic rings. The molecule has 128 valence electrons. The molecule has 0 saturated carbocycles. The van der Waals surface area contributed by atoms with Gasteiger partial charge in [-0.1, -0.05) is 0 Å². The minimum absolute atomic E-state index is 0.308. The fraction of sp³-hybridized carbons (Fsp3) is 0.833. The van der Waals surface area contributed by atoms with Crippen LogP contribution in [-0.4, -0.2) is 59.8 Å². The largest absolute Gasteiger partial charge is 0.297 e. The molecule has 0 heterocycles. The Hall–Kier alpha value is -1.03. The maximum atomic E-state index is 4.66. The smallest absolute Gasteiger partial charge is 0.0597 e. The Morgan fingerprint density at radius 3 is 1.00 bits per heavy atom. The van der Waals surface area contributed by atoms with Gasteiger partial charge in [-0.2, -0.15) is 0 Å². The van der Waals surface area contributed by atoms with E-state index in [0.29, 0.717) is 18.1 Å². The van der Waals surface area contributed by atoms with Gasteiger partial charge in [0.2, 0.25) is 0 Å². The topological polar surface area (TPSA) is 40.3 Å². The van der Waals surface area contributed by atoms with Crippen LogP contribution in [0.3, 0.4) is 0 Å². The molecule has 0 aromatic carbocycles. The Morgan fingerprint density at radius 2 is 0.818 bits per heavy atom. The molecule has 4 heteroatoms. The Balaban J connectivity index is 4.86. The first-order valence-corrected chi connectivity index (χ1v) is 8.35. The Kier molecular flexibility index (Phi) is 10.2. The van der Waals surface area contributed by atoms with E-state index >= 15 is 0 Å². The first-order chi connectivity index (χ1) is 10.1. The fourth-order valence-electron chi connectivity index (χ4n) is 2.79. The zero-order valence-electron chi connectivity index (χ0n) is 16.1. The maximum absolute atomic E-state index is 4.66. The third kappa shape index (κ3) is 11.6. The molecule has 0 aliphatic carbocycles. The molecule has 22 heavy (non-hydrogen) atoms. The summed E-state index contributed by atoms with van der Waals surface area (Å²) in [6, 6.07) is 0.924. The van der Waals surface area contributed by atoms with Gasteiger partial charge in [0.05, 0.1) is 18.1 Å². The summed E-state index contributed by atoms with van der Waals surface area (Å²) in [4.78, 5) is 16.4. The van der Waals surface area contributed by atoms with Crippen molar-refractivity contribution in [1.82, 2.24) is 4.90 Å². The van der Waals surface area contributed by atoms with Crippen molar-refractivity contribution in [2.75, 3.05) is 19.6 Å². The standard InChI is InChI=1S/C18H36N4/c1-13(2)19-16(7)10-22(11-17(8)20-14(3)4)12-18(9)21-15(5)6/h16-18H,10-12H2,1-9H3. The van der Waals surface area contributed by atoms with E-state index in [4.69, 9.17) is 0 Å². The van der Waals surface area contributed by atoms with Gasteiger partial charge in [0.15, 0.2) is 0 Å². The number of rotatable bonds is 9. The van der Waals surface area contributed by atoms with Crippen molar-refractivity contribution in [1.29, 1.82) is 0 Å². The van der Waals surface area contributed by atoms with Crippen LogP contribution in [0.2, 0.25) is 0 Å². The molecule has 0 spiro atoms. The molecule has 0 N–H and O–H groups in total. The second-order valence-electron chi connectivity index (χ2n) is 6.99. The highest BCUT2D eigenvalue weighted by molar-refractivity contribution is 5.79. The molecule has 0 rings (SSSR count). The second kappa shape index (κ2) is 10.7. The van der Waals surface area contributed by atoms with Gasteiger partial charge >= 0.3 is 0 Å². The third-order valence-corrected chi connectivity index (χ3v) is 3.00. The van der Waals surface area contributed by atoms with Gasteiger partial charge in [0, 0.05) is 36.8 Å². The lowest BCUT2D eigenvalue weighted by atomic mass is 10.2. The van der Waals surface area contributed by atoms with Gasteiger partial charge in [-0.05, 0) is 62.3 Å². The summed E-state index contributed by atoms with van der Waals surface area (Å²) in [6.07, 6.45) is 0. The van der Waals surface area contributed by atoms with E-state index in [2.05, 4.69) is 82.2 Å². The summed E-state index contributed by atoms with van der Waals surface area (Å²) in [6.45, 7) is 21.7. The van der Waals surface area contributed by atoms with Crippen molar-refractivity contribution in [3.05, 3.63) is 0 Å². The Labute approximate surface area is 137 Å². The van der Waals surface area contributed by atoms with Gasteiger partial charge in [-0.25, -0.2) is 0 Å². The average Bonchev–Trinajstić information content (AvgIpc) is 2.23. The predicted molar refractivity (Wildman–Crippen MR) is 101 cm³/mol. The van der Waals surface area contributed by atoms with Crippen LogP contribution in [0.25, 0.3) is 0 Å². The van der Waals surface area contributed by atoms with Crippen molar-refractivity contribution in [2.24, 2.45) is 15.0 Å². The quantitative estimate of drug-likeness (QED) is 0.596. The SMILES string of the molecule is CC(C)=NC(C)CN(CC(C)N=C(C)C)CC(C)N=C(C)C. The van der Waals surface area contributed by atoms with Crippen molar-refractivity contribution in [3.63, 3.8) is 0 Å². The molecule has 3 atom stereocenters. The lowest BCUT2D eigenvalue weighted by Gasteiger charge is -2.28. The monoisotopic (exact) mass is 308 g/mol. The van der Waals surface area contributed by atoms with Crippen molar-refractivity contribution in [3.8, 4) is 0 Å². The van der Waals surface area contributed by atoms with E-state index in [9.17, 15) is 0 Å². The number of nitrogens with zero attached hydrogens (tertiary/aromatic N) is 4. The van der Waals surface area contributed by atoms with E-state index in [1.165, 1.54) is 0 Å². The highest BCUT2D eigenvalue weighted by atomic mass is 15.2. The highest BCUT2D eigenvalue weighted by Gasteiger charge is 2.15. The van der Waals surface area contributed by atoms with Crippen LogP contribution in [0.4, 0.5) is 0 Å². The van der Waals surface area contributed by atoms with Crippen molar-refractivity contribution in [2.45, 2.75) is 80.4 Å². The minimum Gasteiger partial charge on any atom is -0.297 e. The van der Waals surface area contributed by atoms with Gasteiger partial charge in [-0.15, -0.1) is 0 Å². The summed E-state index contributed by atoms with van der Waals surface area (Å²) >= 11 is 0.